The van der Waals surface area contributed by atoms with Crippen molar-refractivity contribution in [2.45, 2.75) is 130 Å². The minimum absolute atomic E-state index is 0.152. The normalized spacial score (nSPS) is 18.7. The Balaban J connectivity index is 1.81. The zero-order valence-corrected chi connectivity index (χ0v) is 34.6. The molecule has 1 aliphatic heterocycles. The Morgan fingerprint density at radius 2 is 1.47 bits per heavy atom. The van der Waals surface area contributed by atoms with Crippen LogP contribution in [-0.2, 0) is 53.9 Å². The maximum atomic E-state index is 16.8. The lowest BCUT2D eigenvalue weighted by atomic mass is 9.98. The first-order valence-corrected chi connectivity index (χ1v) is 18.3. The van der Waals surface area contributed by atoms with E-state index in [1.54, 1.807) is 62.3 Å². The first kappa shape index (κ1) is 45.4. The van der Waals surface area contributed by atoms with E-state index in [1.165, 1.54) is 13.8 Å². The van der Waals surface area contributed by atoms with Gasteiger partial charge in [-0.05, 0) is 87.8 Å². The third-order valence-corrected chi connectivity index (χ3v) is 7.57. The van der Waals surface area contributed by atoms with Crippen molar-refractivity contribution in [1.29, 1.82) is 0 Å². The van der Waals surface area contributed by atoms with Gasteiger partial charge in [0.15, 0.2) is 41.3 Å². The van der Waals surface area contributed by atoms with E-state index in [4.69, 9.17) is 49.5 Å². The Bertz CT molecular complexity index is 1910. The molecule has 0 spiro atoms. The van der Waals surface area contributed by atoms with Crippen molar-refractivity contribution in [3.05, 3.63) is 17.4 Å². The second kappa shape index (κ2) is 17.7. The molecule has 0 unspecified atom stereocenters. The highest BCUT2D eigenvalue weighted by Gasteiger charge is 2.55. The highest BCUT2D eigenvalue weighted by molar-refractivity contribution is 6.29. The van der Waals surface area contributed by atoms with Gasteiger partial charge in [0, 0.05) is 0 Å². The molecular formula is C34H47ClFN9O13. The molecule has 0 bridgehead atoms. The van der Waals surface area contributed by atoms with Crippen LogP contribution in [0.5, 0.6) is 0 Å². The number of alkyl halides is 1. The number of nitrogens with zero attached hydrogens (tertiary/aromatic N) is 8. The number of amides is 2. The van der Waals surface area contributed by atoms with Crippen LogP contribution < -0.4 is 4.90 Å². The lowest BCUT2D eigenvalue weighted by Crippen LogP contribution is -2.55. The third-order valence-electron chi connectivity index (χ3n) is 7.40. The zero-order valence-electron chi connectivity index (χ0n) is 33.9. The number of tetrazole rings is 1. The maximum absolute atomic E-state index is 16.8. The van der Waals surface area contributed by atoms with Gasteiger partial charge in [0.1, 0.15) is 22.9 Å². The number of anilines is 1. The van der Waals surface area contributed by atoms with Crippen molar-refractivity contribution in [2.75, 3.05) is 24.7 Å². The van der Waals surface area contributed by atoms with E-state index in [0.717, 1.165) is 10.9 Å². The van der Waals surface area contributed by atoms with Crippen molar-refractivity contribution in [1.82, 2.24) is 40.1 Å². The monoisotopic (exact) mass is 843 g/mol. The predicted octanol–water partition coefficient (Wildman–Crippen LogP) is 4.35. The van der Waals surface area contributed by atoms with Gasteiger partial charge >= 0.3 is 30.3 Å². The molecule has 0 radical (unpaired) electrons. The summed E-state index contributed by atoms with van der Waals surface area (Å²) in [7, 11) is 0. The number of carbonyl (C=O) groups excluding carboxylic acids is 5. The summed E-state index contributed by atoms with van der Waals surface area (Å²) in [6.07, 6.45) is -10.8. The molecule has 4 rings (SSSR count). The molecule has 0 aliphatic carbocycles. The Morgan fingerprint density at radius 1 is 0.897 bits per heavy atom. The highest BCUT2D eigenvalue weighted by atomic mass is 35.5. The van der Waals surface area contributed by atoms with Gasteiger partial charge in [0.25, 0.3) is 5.60 Å². The number of hydrogen-bond acceptors (Lipinski definition) is 19. The smallest absolute Gasteiger partial charge is 0.463 e. The van der Waals surface area contributed by atoms with Gasteiger partial charge < -0.3 is 37.9 Å². The van der Waals surface area contributed by atoms with Gasteiger partial charge in [0.2, 0.25) is 5.28 Å². The minimum atomic E-state index is -2.58. The molecule has 4 heterocycles. The number of imide groups is 1. The molecule has 3 aromatic heterocycles. The third kappa shape index (κ3) is 11.0. The van der Waals surface area contributed by atoms with Crippen molar-refractivity contribution >= 4 is 58.9 Å². The van der Waals surface area contributed by atoms with E-state index >= 15 is 4.39 Å². The fourth-order valence-electron chi connectivity index (χ4n) is 5.25. The quantitative estimate of drug-likeness (QED) is 0.115. The summed E-state index contributed by atoms with van der Waals surface area (Å²) in [5.74, 6) is -3.04. The summed E-state index contributed by atoms with van der Waals surface area (Å²) >= 11 is 6.33. The van der Waals surface area contributed by atoms with Crippen LogP contribution in [0.25, 0.3) is 11.2 Å². The van der Waals surface area contributed by atoms with E-state index < -0.39 is 101 Å². The summed E-state index contributed by atoms with van der Waals surface area (Å²) in [5, 5.41) is 12.8. The van der Waals surface area contributed by atoms with Crippen LogP contribution >= 0.6 is 11.6 Å². The predicted molar refractivity (Wildman–Crippen MR) is 195 cm³/mol. The molecule has 4 atom stereocenters. The Kier molecular flexibility index (Phi) is 13.8. The van der Waals surface area contributed by atoms with E-state index in [2.05, 4.69) is 35.6 Å². The Morgan fingerprint density at radius 3 is 1.97 bits per heavy atom. The van der Waals surface area contributed by atoms with Gasteiger partial charge in [-0.1, -0.05) is 5.21 Å². The molecule has 24 heteroatoms. The maximum Gasteiger partial charge on any atom is 0.509 e. The number of fused-ring (bicyclic) bond motifs is 1. The summed E-state index contributed by atoms with van der Waals surface area (Å²) in [5.41, 5.74) is -6.35. The molecular weight excluding hydrogens is 797 g/mol. The average Bonchev–Trinajstić information content (AvgIpc) is 3.80. The second-order valence-corrected chi connectivity index (χ2v) is 15.9. The summed E-state index contributed by atoms with van der Waals surface area (Å²) in [6, 6.07) is 0. The topological polar surface area (TPSA) is 260 Å². The van der Waals surface area contributed by atoms with Crippen molar-refractivity contribution < 1.29 is 66.3 Å². The molecule has 22 nitrogen and oxygen atoms in total. The van der Waals surface area contributed by atoms with Crippen LogP contribution in [0.4, 0.5) is 24.6 Å². The van der Waals surface area contributed by atoms with Crippen LogP contribution in [0.3, 0.4) is 0 Å². The Labute approximate surface area is 336 Å². The largest absolute Gasteiger partial charge is 0.509 e. The van der Waals surface area contributed by atoms with Crippen LogP contribution in [0, 0.1) is 0 Å². The van der Waals surface area contributed by atoms with Crippen LogP contribution in [0.15, 0.2) is 6.33 Å². The molecule has 320 valence electrons. The second-order valence-electron chi connectivity index (χ2n) is 15.6. The lowest BCUT2D eigenvalue weighted by Gasteiger charge is -2.30. The standard InChI is InChI=1S/C34H47ClFN9O13/c1-12-51-25(46)34(26(47)52-13-2,14-18-40-42-43-41-18)53-15-17-21(55-30(50)58-33(9,10)11)19(36)24(54-17)44-16-37-20-22(44)38-27(35)39-23(20)45(28(48)56-31(3,4)5)29(49)57-32(6,7)8/h16-17,19,21,24H,12-15H2,1-11H3,(H,40,41,42,43)/t17-,19+,21-,24-/m1/s1. The molecule has 1 aliphatic rings. The summed E-state index contributed by atoms with van der Waals surface area (Å²) < 4.78 is 61.9. The number of halogens is 2. The molecule has 3 aromatic rings. The number of hydrogen-bond donors (Lipinski definition) is 1. The molecule has 1 saturated heterocycles. The molecule has 0 aromatic carbocycles. The van der Waals surface area contributed by atoms with E-state index in [9.17, 15) is 24.0 Å². The van der Waals surface area contributed by atoms with Crippen LogP contribution in [0.2, 0.25) is 5.28 Å². The first-order valence-electron chi connectivity index (χ1n) is 18.0. The number of aromatic amines is 1. The summed E-state index contributed by atoms with van der Waals surface area (Å²) in [6.45, 7) is 15.9. The fourth-order valence-corrected chi connectivity index (χ4v) is 5.42. The highest BCUT2D eigenvalue weighted by Crippen LogP contribution is 2.38. The minimum Gasteiger partial charge on any atom is -0.463 e. The number of esters is 2. The van der Waals surface area contributed by atoms with Crippen molar-refractivity contribution in [3.8, 4) is 0 Å². The number of H-pyrrole nitrogens is 1. The molecule has 1 fully saturated rings. The molecule has 1 N–H and O–H groups in total. The SMILES string of the molecule is CCOC(=O)C(Cc1nn[nH]n1)(OC[C@H]1O[C@@H](n2cnc3c(N(C(=O)OC(C)(C)C)C(=O)OC(C)(C)C)nc(Cl)nc32)[C@@H](F)[C@@H]1OC(=O)OC(C)(C)C)C(=O)OCC. The summed E-state index contributed by atoms with van der Waals surface area (Å²) in [4.78, 5) is 79.9. The zero-order chi connectivity index (χ0) is 43.4. The fraction of sp³-hybridized carbons (Fsp3) is 0.676. The van der Waals surface area contributed by atoms with Crippen molar-refractivity contribution in [2.24, 2.45) is 0 Å². The van der Waals surface area contributed by atoms with Crippen LogP contribution in [0.1, 0.15) is 88.2 Å². The number of aromatic nitrogens is 8. The first-order chi connectivity index (χ1) is 26.9. The van der Waals surface area contributed by atoms with Crippen molar-refractivity contribution in [3.63, 3.8) is 0 Å². The lowest BCUT2D eigenvalue weighted by molar-refractivity contribution is -0.197. The average molecular weight is 844 g/mol. The van der Waals surface area contributed by atoms with Gasteiger partial charge in [0.05, 0.1) is 32.6 Å². The van der Waals surface area contributed by atoms with Gasteiger partial charge in [-0.25, -0.2) is 33.3 Å². The van der Waals surface area contributed by atoms with Crippen LogP contribution in [-0.4, -0.2) is 131 Å². The van der Waals surface area contributed by atoms with E-state index in [0.29, 0.717) is 4.90 Å². The van der Waals surface area contributed by atoms with E-state index in [-0.39, 0.29) is 30.2 Å². The van der Waals surface area contributed by atoms with Gasteiger partial charge in [-0.3, -0.25) is 4.57 Å². The number of imidazole rings is 1. The van der Waals surface area contributed by atoms with Gasteiger partial charge in [-0.15, -0.1) is 10.2 Å². The van der Waals surface area contributed by atoms with Gasteiger partial charge in [-0.2, -0.15) is 20.1 Å². The molecule has 58 heavy (non-hydrogen) atoms. The Hall–Kier alpha value is -5.29. The molecule has 2 amide bonds. The number of ether oxygens (including phenoxy) is 8. The molecule has 0 saturated carbocycles. The number of nitrogens with one attached hydrogen (secondary N) is 1. The number of rotatable bonds is 12. The van der Waals surface area contributed by atoms with E-state index in [1.807, 2.05) is 0 Å². The number of carbonyl (C=O) groups is 5.